The van der Waals surface area contributed by atoms with Gasteiger partial charge in [-0.2, -0.15) is 0 Å². The minimum Gasteiger partial charge on any atom is -0.439 e. The standard InChI is InChI=1S/C42H30N3O12P3/c46-25-31-13-1-7-19-37(31)52-44-58(54-39-21-9-3-15-33(39)27-48)43-60(56-41-23-11-5-17-35(41)29-50,57-42-24-12-6-18-36(42)30-51)45(53-38-20-8-2-14-32(38)26-47)59(44)55-40-22-10-4-16-34(40)28-49/h1-30H. The molecule has 18 heteroatoms. The first-order valence-electron chi connectivity index (χ1n) is 17.6. The Kier molecular flexibility index (Phi) is 13.3. The molecule has 7 rings (SSSR count). The lowest BCUT2D eigenvalue weighted by molar-refractivity contribution is 0.0531. The Bertz CT molecular complexity index is 2570. The highest BCUT2D eigenvalue weighted by Crippen LogP contribution is 2.78. The summed E-state index contributed by atoms with van der Waals surface area (Å²) in [5.74, 6) is -0.143. The maximum absolute atomic E-state index is 12.5. The minimum atomic E-state index is -4.57. The van der Waals surface area contributed by atoms with Crippen LogP contribution in [0.3, 0.4) is 0 Å². The molecular formula is C42H30N3O12P3. The zero-order valence-electron chi connectivity index (χ0n) is 30.9. The van der Waals surface area contributed by atoms with Gasteiger partial charge in [-0.05, 0) is 72.8 Å². The van der Waals surface area contributed by atoms with Crippen LogP contribution < -0.4 is 27.8 Å². The highest BCUT2D eigenvalue weighted by atomic mass is 31.3. The SMILES string of the molecule is O=Cc1ccccc1ON1P(Oc2ccccc2C=O)N=P(Oc2ccccc2C=O)(Oc2ccccc2C=O)N(Oc2ccccc2C=O)P1Oc1ccccc1C=O. The number of hydrogen-bond donors (Lipinski definition) is 0. The molecule has 0 aromatic heterocycles. The second-order valence-corrected chi connectivity index (χ2v) is 17.6. The van der Waals surface area contributed by atoms with Crippen molar-refractivity contribution in [3.63, 3.8) is 0 Å². The first-order valence-corrected chi connectivity index (χ1v) is 21.5. The van der Waals surface area contributed by atoms with E-state index in [2.05, 4.69) is 0 Å². The van der Waals surface area contributed by atoms with Crippen LogP contribution in [0.2, 0.25) is 0 Å². The van der Waals surface area contributed by atoms with Crippen LogP contribution in [0.15, 0.2) is 150 Å². The van der Waals surface area contributed by atoms with Crippen molar-refractivity contribution in [2.24, 2.45) is 4.52 Å². The number of carbonyl (C=O) groups excluding carboxylic acids is 6. The molecule has 0 amide bonds. The number of para-hydroxylation sites is 6. The van der Waals surface area contributed by atoms with E-state index in [1.165, 1.54) is 72.8 Å². The third-order valence-corrected chi connectivity index (χ3v) is 15.1. The molecule has 0 saturated carbocycles. The first kappa shape index (κ1) is 41.3. The predicted octanol–water partition coefficient (Wildman–Crippen LogP) is 10.2. The van der Waals surface area contributed by atoms with Gasteiger partial charge in [0.25, 0.3) is 0 Å². The normalized spacial score (nSPS) is 15.9. The second kappa shape index (κ2) is 19.3. The number of benzene rings is 6. The predicted molar refractivity (Wildman–Crippen MR) is 222 cm³/mol. The van der Waals surface area contributed by atoms with Crippen LogP contribution in [-0.2, 0) is 0 Å². The van der Waals surface area contributed by atoms with Crippen molar-refractivity contribution in [3.05, 3.63) is 179 Å². The lowest BCUT2D eigenvalue weighted by Crippen LogP contribution is -2.37. The van der Waals surface area contributed by atoms with Crippen LogP contribution in [0.5, 0.6) is 34.5 Å². The van der Waals surface area contributed by atoms with Crippen LogP contribution in [0.25, 0.3) is 0 Å². The molecule has 0 bridgehead atoms. The van der Waals surface area contributed by atoms with Crippen LogP contribution in [0.1, 0.15) is 62.1 Å². The topological polar surface area (TPSA) is 177 Å². The fourth-order valence-corrected chi connectivity index (χ4v) is 13.0. The quantitative estimate of drug-likeness (QED) is 0.0589. The molecule has 0 fully saturated rings. The smallest absolute Gasteiger partial charge is 0.439 e. The van der Waals surface area contributed by atoms with E-state index in [0.29, 0.717) is 37.7 Å². The molecule has 1 heterocycles. The van der Waals surface area contributed by atoms with Crippen molar-refractivity contribution in [2.75, 3.05) is 0 Å². The molecule has 2 atom stereocenters. The summed E-state index contributed by atoms with van der Waals surface area (Å²) in [5, 5.41) is 0. The van der Waals surface area contributed by atoms with Crippen molar-refractivity contribution in [1.82, 2.24) is 9.21 Å². The summed E-state index contributed by atoms with van der Waals surface area (Å²) in [6, 6.07) is 37.2. The summed E-state index contributed by atoms with van der Waals surface area (Å²) in [5.41, 5.74) is 0.467. The van der Waals surface area contributed by atoms with Gasteiger partial charge >= 0.3 is 24.6 Å². The van der Waals surface area contributed by atoms with E-state index in [9.17, 15) is 28.8 Å². The summed E-state index contributed by atoms with van der Waals surface area (Å²) in [7, 11) is -10.2. The zero-order chi connectivity index (χ0) is 41.9. The van der Waals surface area contributed by atoms with E-state index < -0.39 is 24.6 Å². The molecule has 60 heavy (non-hydrogen) atoms. The molecule has 0 N–H and O–H groups in total. The van der Waals surface area contributed by atoms with Crippen molar-refractivity contribution < 1.29 is 56.5 Å². The average molecular weight is 862 g/mol. The Labute approximate surface area is 345 Å². The molecule has 1 aliphatic heterocycles. The van der Waals surface area contributed by atoms with Crippen LogP contribution in [-0.4, -0.2) is 46.9 Å². The fourth-order valence-electron chi connectivity index (χ4n) is 5.37. The van der Waals surface area contributed by atoms with Gasteiger partial charge in [0.1, 0.15) is 23.0 Å². The lowest BCUT2D eigenvalue weighted by atomic mass is 10.2. The zero-order valence-corrected chi connectivity index (χ0v) is 33.6. The molecule has 6 aromatic rings. The van der Waals surface area contributed by atoms with Gasteiger partial charge in [-0.3, -0.25) is 28.8 Å². The Morgan fingerprint density at radius 3 is 1.13 bits per heavy atom. The second-order valence-electron chi connectivity index (χ2n) is 12.1. The minimum absolute atomic E-state index is 0.000702. The molecule has 15 nitrogen and oxygen atoms in total. The third kappa shape index (κ3) is 8.91. The third-order valence-electron chi connectivity index (χ3n) is 8.28. The number of rotatable bonds is 18. The molecule has 0 spiro atoms. The first-order chi connectivity index (χ1) is 29.4. The number of carbonyl (C=O) groups is 6. The summed E-state index contributed by atoms with van der Waals surface area (Å²) in [6.07, 6.45) is 3.35. The monoisotopic (exact) mass is 861 g/mol. The van der Waals surface area contributed by atoms with E-state index in [4.69, 9.17) is 32.3 Å². The lowest BCUT2D eigenvalue weighted by Gasteiger charge is -2.44. The molecular weight excluding hydrogens is 831 g/mol. The van der Waals surface area contributed by atoms with Crippen LogP contribution >= 0.6 is 24.6 Å². The van der Waals surface area contributed by atoms with Gasteiger partial charge in [0.05, 0.1) is 33.4 Å². The van der Waals surface area contributed by atoms with E-state index >= 15 is 0 Å². The molecule has 1 aliphatic rings. The van der Waals surface area contributed by atoms with Crippen molar-refractivity contribution in [1.29, 1.82) is 0 Å². The van der Waals surface area contributed by atoms with E-state index in [-0.39, 0.29) is 67.9 Å². The van der Waals surface area contributed by atoms with Crippen LogP contribution in [0.4, 0.5) is 0 Å². The molecule has 0 saturated heterocycles. The number of nitrogens with zero attached hydrogens (tertiary/aromatic N) is 3. The van der Waals surface area contributed by atoms with Gasteiger partial charge in [-0.15, -0.1) is 4.52 Å². The van der Waals surface area contributed by atoms with Crippen molar-refractivity contribution >= 4 is 62.3 Å². The summed E-state index contributed by atoms with van der Waals surface area (Å²) < 4.78 is 34.2. The van der Waals surface area contributed by atoms with Gasteiger partial charge in [-0.25, -0.2) is 0 Å². The number of hydrogen-bond acceptors (Lipinski definition) is 15. The van der Waals surface area contributed by atoms with Gasteiger partial charge in [-0.1, -0.05) is 72.8 Å². The number of aldehydes is 6. The van der Waals surface area contributed by atoms with Crippen LogP contribution in [0, 0.1) is 0 Å². The maximum Gasteiger partial charge on any atom is 0.447 e. The van der Waals surface area contributed by atoms with Gasteiger partial charge in [0, 0.05) is 9.21 Å². The fraction of sp³-hybridized carbons (Fsp3) is 0. The van der Waals surface area contributed by atoms with Gasteiger partial charge < -0.3 is 27.8 Å². The highest BCUT2D eigenvalue weighted by Gasteiger charge is 2.58. The maximum atomic E-state index is 12.5. The largest absolute Gasteiger partial charge is 0.447 e. The molecule has 6 aromatic carbocycles. The van der Waals surface area contributed by atoms with Gasteiger partial charge in [0.2, 0.25) is 0 Å². The van der Waals surface area contributed by atoms with E-state index in [1.54, 1.807) is 72.8 Å². The summed E-state index contributed by atoms with van der Waals surface area (Å²) in [6.45, 7) is 0. The van der Waals surface area contributed by atoms with Crippen molar-refractivity contribution in [2.45, 2.75) is 0 Å². The Balaban J connectivity index is 1.59. The Morgan fingerprint density at radius 2 is 0.717 bits per heavy atom. The van der Waals surface area contributed by atoms with Crippen molar-refractivity contribution in [3.8, 4) is 34.5 Å². The van der Waals surface area contributed by atoms with E-state index in [1.807, 2.05) is 0 Å². The highest BCUT2D eigenvalue weighted by molar-refractivity contribution is 7.78. The molecule has 2 unspecified atom stereocenters. The average Bonchev–Trinajstić information content (AvgIpc) is 3.29. The molecule has 0 aliphatic carbocycles. The van der Waals surface area contributed by atoms with Gasteiger partial charge in [0.15, 0.2) is 49.2 Å². The summed E-state index contributed by atoms with van der Waals surface area (Å²) in [4.78, 5) is 88.0. The Hall–Kier alpha value is -6.85. The van der Waals surface area contributed by atoms with E-state index in [0.717, 1.165) is 9.21 Å². The Morgan fingerprint density at radius 1 is 0.400 bits per heavy atom. The molecule has 0 radical (unpaired) electrons. The molecule has 300 valence electrons. The summed E-state index contributed by atoms with van der Waals surface area (Å²) >= 11 is 0.